The summed E-state index contributed by atoms with van der Waals surface area (Å²) in [4.78, 5) is 21.5. The second-order valence-electron chi connectivity index (χ2n) is 7.80. The molecule has 2 heterocycles. The van der Waals surface area contributed by atoms with E-state index in [4.69, 9.17) is 4.74 Å². The van der Waals surface area contributed by atoms with Crippen molar-refractivity contribution in [1.29, 1.82) is 0 Å². The van der Waals surface area contributed by atoms with E-state index in [0.29, 0.717) is 5.69 Å². The lowest BCUT2D eigenvalue weighted by molar-refractivity contribution is 0.102. The van der Waals surface area contributed by atoms with Crippen LogP contribution in [0.4, 0.5) is 15.9 Å². The molecule has 0 radical (unpaired) electrons. The number of anilines is 2. The molecule has 6 nitrogen and oxygen atoms in total. The molecule has 32 heavy (non-hydrogen) atoms. The minimum atomic E-state index is -0.543. The van der Waals surface area contributed by atoms with Crippen LogP contribution in [0, 0.1) is 5.82 Å². The lowest BCUT2D eigenvalue weighted by Gasteiger charge is -2.23. The molecule has 0 bridgehead atoms. The van der Waals surface area contributed by atoms with Crippen LogP contribution in [-0.4, -0.2) is 49.1 Å². The van der Waals surface area contributed by atoms with E-state index in [-0.39, 0.29) is 5.56 Å². The van der Waals surface area contributed by atoms with E-state index in [1.807, 2.05) is 18.2 Å². The molecule has 4 rings (SSSR count). The van der Waals surface area contributed by atoms with Crippen molar-refractivity contribution in [3.05, 3.63) is 83.8 Å². The summed E-state index contributed by atoms with van der Waals surface area (Å²) < 4.78 is 19.0. The van der Waals surface area contributed by atoms with Gasteiger partial charge in [0.05, 0.1) is 24.6 Å². The van der Waals surface area contributed by atoms with Crippen molar-refractivity contribution >= 4 is 17.4 Å². The molecule has 166 valence electrons. The maximum Gasteiger partial charge on any atom is 0.258 e. The summed E-state index contributed by atoms with van der Waals surface area (Å²) in [5.41, 5.74) is 1.83. The molecule has 1 saturated heterocycles. The first-order valence-corrected chi connectivity index (χ1v) is 10.7. The number of halogens is 1. The third kappa shape index (κ3) is 5.42. The minimum absolute atomic E-state index is 0.0149. The van der Waals surface area contributed by atoms with Crippen molar-refractivity contribution < 1.29 is 13.9 Å². The number of carbonyl (C=O) groups is 1. The normalized spacial score (nSPS) is 14.6. The molecule has 1 amide bonds. The van der Waals surface area contributed by atoms with Gasteiger partial charge in [0.2, 0.25) is 0 Å². The Kier molecular flexibility index (Phi) is 6.97. The largest absolute Gasteiger partial charge is 0.497 e. The Morgan fingerprint density at radius 1 is 1.03 bits per heavy atom. The number of nitrogens with zero attached hydrogens (tertiary/aromatic N) is 3. The lowest BCUT2D eigenvalue weighted by Crippen LogP contribution is -2.31. The van der Waals surface area contributed by atoms with Crippen molar-refractivity contribution in [2.45, 2.75) is 13.0 Å². The van der Waals surface area contributed by atoms with Gasteiger partial charge in [-0.05, 0) is 48.4 Å². The molecule has 1 aliphatic rings. The van der Waals surface area contributed by atoms with Crippen LogP contribution in [0.15, 0.2) is 66.9 Å². The van der Waals surface area contributed by atoms with Crippen LogP contribution in [0.5, 0.6) is 5.75 Å². The number of hydrogen-bond donors (Lipinski definition) is 1. The Morgan fingerprint density at radius 2 is 1.84 bits per heavy atom. The topological polar surface area (TPSA) is 57.7 Å². The van der Waals surface area contributed by atoms with Crippen LogP contribution in [0.1, 0.15) is 22.3 Å². The van der Waals surface area contributed by atoms with E-state index in [1.54, 1.807) is 31.5 Å². The molecule has 1 aliphatic heterocycles. The first-order chi connectivity index (χ1) is 15.6. The lowest BCUT2D eigenvalue weighted by atomic mass is 10.2. The molecule has 0 unspecified atom stereocenters. The number of hydrogen-bond acceptors (Lipinski definition) is 5. The summed E-state index contributed by atoms with van der Waals surface area (Å²) >= 11 is 0. The number of rotatable bonds is 6. The Balaban J connectivity index is 1.33. The van der Waals surface area contributed by atoms with Crippen molar-refractivity contribution in [3.63, 3.8) is 0 Å². The van der Waals surface area contributed by atoms with Crippen LogP contribution in [0.25, 0.3) is 0 Å². The number of carbonyl (C=O) groups excluding carboxylic acids is 1. The monoisotopic (exact) mass is 434 g/mol. The third-order valence-electron chi connectivity index (χ3n) is 5.60. The predicted octanol–water partition coefficient (Wildman–Crippen LogP) is 4.19. The van der Waals surface area contributed by atoms with Gasteiger partial charge >= 0.3 is 0 Å². The molecular weight excluding hydrogens is 407 g/mol. The Labute approximate surface area is 187 Å². The first kappa shape index (κ1) is 21.8. The summed E-state index contributed by atoms with van der Waals surface area (Å²) in [5, 5.41) is 2.71. The van der Waals surface area contributed by atoms with Crippen LogP contribution >= 0.6 is 0 Å². The third-order valence-corrected chi connectivity index (χ3v) is 5.60. The highest BCUT2D eigenvalue weighted by atomic mass is 19.1. The summed E-state index contributed by atoms with van der Waals surface area (Å²) in [6, 6.07) is 17.8. The number of ether oxygens (including phenoxy) is 1. The maximum atomic E-state index is 13.8. The zero-order valence-corrected chi connectivity index (χ0v) is 18.1. The van der Waals surface area contributed by atoms with Gasteiger partial charge in [-0.1, -0.05) is 24.3 Å². The fraction of sp³-hybridized carbons (Fsp3) is 0.280. The summed E-state index contributed by atoms with van der Waals surface area (Å²) in [7, 11) is 1.68. The zero-order valence-electron chi connectivity index (χ0n) is 18.1. The van der Waals surface area contributed by atoms with Gasteiger partial charge in [-0.2, -0.15) is 0 Å². The first-order valence-electron chi connectivity index (χ1n) is 10.7. The van der Waals surface area contributed by atoms with E-state index >= 15 is 0 Å². The number of amides is 1. The molecule has 3 aromatic rings. The van der Waals surface area contributed by atoms with Gasteiger partial charge in [-0.15, -0.1) is 0 Å². The van der Waals surface area contributed by atoms with Crippen LogP contribution in [0.3, 0.4) is 0 Å². The smallest absolute Gasteiger partial charge is 0.258 e. The highest BCUT2D eigenvalue weighted by Gasteiger charge is 2.17. The molecule has 0 saturated carbocycles. The summed E-state index contributed by atoms with van der Waals surface area (Å²) in [5.74, 6) is 0.718. The molecule has 1 fully saturated rings. The van der Waals surface area contributed by atoms with E-state index in [0.717, 1.165) is 50.7 Å². The number of pyridine rings is 1. The van der Waals surface area contributed by atoms with Gasteiger partial charge in [0.25, 0.3) is 5.91 Å². The molecule has 0 spiro atoms. The average Bonchev–Trinajstić information content (AvgIpc) is 3.06. The van der Waals surface area contributed by atoms with Gasteiger partial charge in [-0.3, -0.25) is 9.69 Å². The molecule has 2 aromatic carbocycles. The number of methoxy groups -OCH3 is 1. The minimum Gasteiger partial charge on any atom is -0.497 e. The van der Waals surface area contributed by atoms with Gasteiger partial charge in [-0.25, -0.2) is 9.37 Å². The summed E-state index contributed by atoms with van der Waals surface area (Å²) in [6.07, 6.45) is 2.66. The average molecular weight is 435 g/mol. The highest BCUT2D eigenvalue weighted by molar-refractivity contribution is 6.04. The number of aromatic nitrogens is 1. The predicted molar refractivity (Wildman–Crippen MR) is 124 cm³/mol. The van der Waals surface area contributed by atoms with Gasteiger partial charge < -0.3 is 15.0 Å². The molecule has 1 N–H and O–H groups in total. The van der Waals surface area contributed by atoms with Crippen molar-refractivity contribution in [2.24, 2.45) is 0 Å². The zero-order chi connectivity index (χ0) is 22.3. The Hall–Kier alpha value is -3.45. The van der Waals surface area contributed by atoms with Gasteiger partial charge in [0.1, 0.15) is 17.4 Å². The van der Waals surface area contributed by atoms with E-state index in [2.05, 4.69) is 32.2 Å². The second-order valence-corrected chi connectivity index (χ2v) is 7.80. The summed E-state index contributed by atoms with van der Waals surface area (Å²) in [6.45, 7) is 4.68. The maximum absolute atomic E-state index is 13.8. The second kappa shape index (κ2) is 10.2. The highest BCUT2D eigenvalue weighted by Crippen LogP contribution is 2.19. The fourth-order valence-corrected chi connectivity index (χ4v) is 3.84. The van der Waals surface area contributed by atoms with Crippen molar-refractivity contribution in [2.75, 3.05) is 43.5 Å². The van der Waals surface area contributed by atoms with Crippen molar-refractivity contribution in [3.8, 4) is 5.75 Å². The van der Waals surface area contributed by atoms with Crippen LogP contribution < -0.4 is 15.0 Å². The van der Waals surface area contributed by atoms with E-state index in [1.165, 1.54) is 17.7 Å². The van der Waals surface area contributed by atoms with Gasteiger partial charge in [0.15, 0.2) is 0 Å². The Morgan fingerprint density at radius 3 is 2.56 bits per heavy atom. The quantitative estimate of drug-likeness (QED) is 0.630. The molecule has 0 atom stereocenters. The number of benzene rings is 2. The van der Waals surface area contributed by atoms with Crippen LogP contribution in [-0.2, 0) is 6.54 Å². The Bertz CT molecular complexity index is 1040. The molecule has 1 aromatic heterocycles. The molecule has 0 aliphatic carbocycles. The van der Waals surface area contributed by atoms with Gasteiger partial charge in [0, 0.05) is 32.7 Å². The standard InChI is InChI=1S/C25H27FN4O2/c1-32-21-10-7-19(8-11-21)18-29-13-4-14-30(16-15-29)24-12-9-20(17-27-24)28-25(31)22-5-2-3-6-23(22)26/h2-3,5-12,17H,4,13-16,18H2,1H3,(H,28,31). The van der Waals surface area contributed by atoms with Crippen molar-refractivity contribution in [1.82, 2.24) is 9.88 Å². The fourth-order valence-electron chi connectivity index (χ4n) is 3.84. The SMILES string of the molecule is COc1ccc(CN2CCCN(c3ccc(NC(=O)c4ccccc4F)cn3)CC2)cc1. The van der Waals surface area contributed by atoms with E-state index in [9.17, 15) is 9.18 Å². The molecule has 7 heteroatoms. The van der Waals surface area contributed by atoms with E-state index < -0.39 is 11.7 Å². The van der Waals surface area contributed by atoms with Crippen LogP contribution in [0.2, 0.25) is 0 Å². The molecular formula is C25H27FN4O2. The number of nitrogens with one attached hydrogen (secondary N) is 1.